The molecule has 0 aliphatic carbocycles. The minimum atomic E-state index is -0.404. The quantitative estimate of drug-likeness (QED) is 0.394. The number of pyridine rings is 1. The van der Waals surface area contributed by atoms with E-state index >= 15 is 0 Å². The van der Waals surface area contributed by atoms with Gasteiger partial charge in [-0.1, -0.05) is 41.9 Å². The number of aromatic nitrogens is 3. The second kappa shape index (κ2) is 5.26. The molecule has 0 spiro atoms. The van der Waals surface area contributed by atoms with Gasteiger partial charge in [-0.25, -0.2) is 9.37 Å². The van der Waals surface area contributed by atoms with Crippen molar-refractivity contribution in [3.05, 3.63) is 71.6 Å². The van der Waals surface area contributed by atoms with Crippen molar-refractivity contribution >= 4 is 44.3 Å². The van der Waals surface area contributed by atoms with Gasteiger partial charge in [0.1, 0.15) is 11.6 Å². The molecule has 5 aromatic rings. The third-order valence-electron chi connectivity index (χ3n) is 4.42. The summed E-state index contributed by atoms with van der Waals surface area (Å²) < 4.78 is 14.3. The van der Waals surface area contributed by atoms with Gasteiger partial charge in [0, 0.05) is 22.4 Å². The summed E-state index contributed by atoms with van der Waals surface area (Å²) in [4.78, 5) is 12.5. The van der Waals surface area contributed by atoms with E-state index in [1.165, 1.54) is 6.07 Å². The molecular formula is C20H11ClFN3. The summed E-state index contributed by atoms with van der Waals surface area (Å²) in [7, 11) is 0. The van der Waals surface area contributed by atoms with E-state index in [1.807, 2.05) is 36.4 Å². The summed E-state index contributed by atoms with van der Waals surface area (Å²) in [5.41, 5.74) is 2.77. The van der Waals surface area contributed by atoms with Gasteiger partial charge >= 0.3 is 0 Å². The molecule has 120 valence electrons. The third kappa shape index (κ3) is 2.04. The first-order valence-corrected chi connectivity index (χ1v) is 8.21. The molecule has 1 N–H and O–H groups in total. The van der Waals surface area contributed by atoms with E-state index < -0.39 is 5.82 Å². The highest BCUT2D eigenvalue weighted by molar-refractivity contribution is 6.33. The van der Waals surface area contributed by atoms with Gasteiger partial charge in [0.15, 0.2) is 0 Å². The predicted octanol–water partition coefficient (Wildman–Crippen LogP) is 5.72. The van der Waals surface area contributed by atoms with Crippen molar-refractivity contribution < 1.29 is 4.39 Å². The summed E-state index contributed by atoms with van der Waals surface area (Å²) in [6.45, 7) is 0. The fourth-order valence-electron chi connectivity index (χ4n) is 3.32. The van der Waals surface area contributed by atoms with Crippen LogP contribution in [0.2, 0.25) is 5.02 Å². The standard InChI is InChI=1S/C20H11ClFN3/c21-14-8-3-9-15(22)16(14)20-24-18-12-6-2-1-5-11(12)17-13(19(18)25-20)7-4-10-23-17/h1-10H,(H,24,25). The van der Waals surface area contributed by atoms with E-state index in [2.05, 4.69) is 15.0 Å². The Balaban J connectivity index is 1.98. The molecule has 3 nitrogen and oxygen atoms in total. The number of halogens is 2. The zero-order valence-corrected chi connectivity index (χ0v) is 13.7. The van der Waals surface area contributed by atoms with Gasteiger partial charge in [-0.05, 0) is 24.3 Å². The molecule has 2 aromatic heterocycles. The Labute approximate surface area is 147 Å². The van der Waals surface area contributed by atoms with Gasteiger partial charge < -0.3 is 4.98 Å². The zero-order valence-electron chi connectivity index (χ0n) is 12.9. The van der Waals surface area contributed by atoms with Crippen LogP contribution in [0.4, 0.5) is 4.39 Å². The van der Waals surface area contributed by atoms with E-state index in [9.17, 15) is 4.39 Å². The van der Waals surface area contributed by atoms with Crippen LogP contribution in [0.1, 0.15) is 0 Å². The summed E-state index contributed by atoms with van der Waals surface area (Å²) >= 11 is 6.22. The average Bonchev–Trinajstić information content (AvgIpc) is 3.07. The van der Waals surface area contributed by atoms with Crippen LogP contribution in [0.15, 0.2) is 60.8 Å². The normalized spacial score (nSPS) is 11.6. The lowest BCUT2D eigenvalue weighted by atomic mass is 10.0. The molecule has 3 aromatic carbocycles. The molecule has 0 fully saturated rings. The van der Waals surface area contributed by atoms with Gasteiger partial charge in [-0.3, -0.25) is 4.98 Å². The topological polar surface area (TPSA) is 41.6 Å². The summed E-state index contributed by atoms with van der Waals surface area (Å²) in [6.07, 6.45) is 1.77. The van der Waals surface area contributed by atoms with Gasteiger partial charge in [0.05, 0.1) is 27.1 Å². The van der Waals surface area contributed by atoms with E-state index in [-0.39, 0.29) is 5.56 Å². The molecule has 0 atom stereocenters. The molecule has 0 radical (unpaired) electrons. The maximum absolute atomic E-state index is 14.3. The molecule has 5 heteroatoms. The smallest absolute Gasteiger partial charge is 0.143 e. The minimum Gasteiger partial charge on any atom is -0.337 e. The molecule has 0 saturated carbocycles. The predicted molar refractivity (Wildman–Crippen MR) is 99.3 cm³/mol. The third-order valence-corrected chi connectivity index (χ3v) is 4.73. The number of nitrogens with one attached hydrogen (secondary N) is 1. The molecule has 0 aliphatic heterocycles. The highest BCUT2D eigenvalue weighted by Gasteiger charge is 2.17. The lowest BCUT2D eigenvalue weighted by molar-refractivity contribution is 0.630. The Morgan fingerprint density at radius 1 is 0.840 bits per heavy atom. The SMILES string of the molecule is Fc1cccc(Cl)c1-c1nc2c3cccnc3c3ccccc3c2[nH]1. The number of rotatable bonds is 1. The Bertz CT molecular complexity index is 1180. The number of imidazole rings is 1. The van der Waals surface area contributed by atoms with Crippen LogP contribution in [-0.4, -0.2) is 15.0 Å². The van der Waals surface area contributed by atoms with E-state index in [4.69, 9.17) is 11.6 Å². The second-order valence-electron chi connectivity index (χ2n) is 5.85. The first-order chi connectivity index (χ1) is 12.2. The van der Waals surface area contributed by atoms with Crippen LogP contribution >= 0.6 is 11.6 Å². The van der Waals surface area contributed by atoms with Gasteiger partial charge in [0.2, 0.25) is 0 Å². The highest BCUT2D eigenvalue weighted by atomic mass is 35.5. The lowest BCUT2D eigenvalue weighted by Crippen LogP contribution is -1.87. The van der Waals surface area contributed by atoms with E-state index in [1.54, 1.807) is 18.3 Å². The van der Waals surface area contributed by atoms with Crippen LogP contribution in [0, 0.1) is 5.82 Å². The number of hydrogen-bond donors (Lipinski definition) is 1. The number of H-pyrrole nitrogens is 1. The maximum Gasteiger partial charge on any atom is 0.143 e. The first-order valence-electron chi connectivity index (χ1n) is 7.83. The van der Waals surface area contributed by atoms with E-state index in [0.717, 1.165) is 32.7 Å². The second-order valence-corrected chi connectivity index (χ2v) is 6.26. The van der Waals surface area contributed by atoms with Crippen molar-refractivity contribution in [1.82, 2.24) is 15.0 Å². The Hall–Kier alpha value is -2.98. The van der Waals surface area contributed by atoms with E-state index in [0.29, 0.717) is 10.8 Å². The Morgan fingerprint density at radius 3 is 2.48 bits per heavy atom. The summed E-state index contributed by atoms with van der Waals surface area (Å²) in [6, 6.07) is 16.5. The molecule has 0 aliphatic rings. The molecule has 25 heavy (non-hydrogen) atoms. The van der Waals surface area contributed by atoms with Gasteiger partial charge in [0.25, 0.3) is 0 Å². The van der Waals surface area contributed by atoms with Crippen LogP contribution < -0.4 is 0 Å². The molecular weight excluding hydrogens is 337 g/mol. The average molecular weight is 348 g/mol. The Kier molecular flexibility index (Phi) is 3.02. The van der Waals surface area contributed by atoms with Crippen LogP contribution in [0.5, 0.6) is 0 Å². The monoisotopic (exact) mass is 347 g/mol. The number of aromatic amines is 1. The fourth-order valence-corrected chi connectivity index (χ4v) is 3.58. The molecule has 0 saturated heterocycles. The Morgan fingerprint density at radius 2 is 1.64 bits per heavy atom. The molecule has 0 amide bonds. The number of hydrogen-bond acceptors (Lipinski definition) is 2. The summed E-state index contributed by atoms with van der Waals surface area (Å²) in [5, 5.41) is 3.27. The van der Waals surface area contributed by atoms with Crippen molar-refractivity contribution in [2.45, 2.75) is 0 Å². The minimum absolute atomic E-state index is 0.279. The summed E-state index contributed by atoms with van der Waals surface area (Å²) in [5.74, 6) is 0.0119. The van der Waals surface area contributed by atoms with Crippen molar-refractivity contribution in [1.29, 1.82) is 0 Å². The van der Waals surface area contributed by atoms with Gasteiger partial charge in [-0.15, -0.1) is 0 Å². The van der Waals surface area contributed by atoms with Crippen LogP contribution in [0.25, 0.3) is 44.1 Å². The maximum atomic E-state index is 14.3. The number of fused-ring (bicyclic) bond motifs is 6. The largest absolute Gasteiger partial charge is 0.337 e. The van der Waals surface area contributed by atoms with Crippen LogP contribution in [-0.2, 0) is 0 Å². The number of nitrogens with zero attached hydrogens (tertiary/aromatic N) is 2. The van der Waals surface area contributed by atoms with Gasteiger partial charge in [-0.2, -0.15) is 0 Å². The first kappa shape index (κ1) is 14.4. The lowest BCUT2D eigenvalue weighted by Gasteiger charge is -2.04. The number of benzene rings is 3. The zero-order chi connectivity index (χ0) is 17.0. The van der Waals surface area contributed by atoms with Crippen LogP contribution in [0.3, 0.4) is 0 Å². The highest BCUT2D eigenvalue weighted by Crippen LogP contribution is 2.36. The van der Waals surface area contributed by atoms with Crippen molar-refractivity contribution in [2.24, 2.45) is 0 Å². The van der Waals surface area contributed by atoms with Crippen molar-refractivity contribution in [3.8, 4) is 11.4 Å². The fraction of sp³-hybridized carbons (Fsp3) is 0. The van der Waals surface area contributed by atoms with Crippen molar-refractivity contribution in [3.63, 3.8) is 0 Å². The molecule has 2 heterocycles. The molecule has 0 bridgehead atoms. The molecule has 0 unspecified atom stereocenters. The van der Waals surface area contributed by atoms with Crippen molar-refractivity contribution in [2.75, 3.05) is 0 Å². The molecule has 5 rings (SSSR count).